The number of aliphatic hydroxyl groups is 1. The van der Waals surface area contributed by atoms with Gasteiger partial charge in [-0.25, -0.2) is 9.36 Å². The fourth-order valence-electron chi connectivity index (χ4n) is 2.72. The number of imidazole rings is 1. The van der Waals surface area contributed by atoms with Crippen molar-refractivity contribution in [1.29, 1.82) is 5.26 Å². The van der Waals surface area contributed by atoms with E-state index in [-0.39, 0.29) is 24.3 Å². The minimum absolute atomic E-state index is 0.0204. The standard InChI is InChI=1S/C14H10F3N3O3/c15-14(16,17)9-5-8(2-1-7(9)6-18)20-12(22)11-10(21)3-4-19(11)13(20)23/h1-2,5,10,21-22H,3-4H2/t10-/m1/s1. The van der Waals surface area contributed by atoms with Gasteiger partial charge in [-0.05, 0) is 24.6 Å². The summed E-state index contributed by atoms with van der Waals surface area (Å²) >= 11 is 0. The molecule has 0 amide bonds. The second-order valence-electron chi connectivity index (χ2n) is 5.12. The zero-order chi connectivity index (χ0) is 16.9. The number of aliphatic hydroxyl groups excluding tert-OH is 1. The van der Waals surface area contributed by atoms with Crippen LogP contribution in [0.25, 0.3) is 5.69 Å². The summed E-state index contributed by atoms with van der Waals surface area (Å²) in [5.41, 5.74) is -2.77. The van der Waals surface area contributed by atoms with Gasteiger partial charge in [0, 0.05) is 6.54 Å². The first-order valence-electron chi connectivity index (χ1n) is 6.60. The van der Waals surface area contributed by atoms with Gasteiger partial charge in [0.25, 0.3) is 0 Å². The van der Waals surface area contributed by atoms with Crippen LogP contribution in [0, 0.1) is 11.3 Å². The number of alkyl halides is 3. The van der Waals surface area contributed by atoms with E-state index < -0.39 is 35.0 Å². The van der Waals surface area contributed by atoms with Gasteiger partial charge in [-0.15, -0.1) is 0 Å². The van der Waals surface area contributed by atoms with Crippen molar-refractivity contribution < 1.29 is 23.4 Å². The SMILES string of the molecule is N#Cc1ccc(-n2c(O)c3n(c2=O)CC[C@H]3O)cc1C(F)(F)F. The minimum Gasteiger partial charge on any atom is -0.493 e. The van der Waals surface area contributed by atoms with Crippen LogP contribution in [0.15, 0.2) is 23.0 Å². The van der Waals surface area contributed by atoms with Gasteiger partial charge in [-0.1, -0.05) is 0 Å². The molecule has 3 rings (SSSR count). The molecule has 1 aliphatic rings. The van der Waals surface area contributed by atoms with Gasteiger partial charge in [0.1, 0.15) is 11.8 Å². The Hall–Kier alpha value is -2.73. The van der Waals surface area contributed by atoms with E-state index in [4.69, 9.17) is 5.26 Å². The molecule has 120 valence electrons. The molecular weight excluding hydrogens is 315 g/mol. The molecule has 0 unspecified atom stereocenters. The van der Waals surface area contributed by atoms with Crippen LogP contribution in [0.3, 0.4) is 0 Å². The van der Waals surface area contributed by atoms with Crippen LogP contribution in [-0.2, 0) is 12.7 Å². The molecule has 0 spiro atoms. The van der Waals surface area contributed by atoms with Gasteiger partial charge >= 0.3 is 11.9 Å². The quantitative estimate of drug-likeness (QED) is 0.834. The van der Waals surface area contributed by atoms with Crippen molar-refractivity contribution in [3.8, 4) is 17.6 Å². The monoisotopic (exact) mass is 325 g/mol. The maximum absolute atomic E-state index is 13.0. The highest BCUT2D eigenvalue weighted by Gasteiger charge is 2.35. The number of aromatic hydroxyl groups is 1. The zero-order valence-corrected chi connectivity index (χ0v) is 11.5. The fraction of sp³-hybridized carbons (Fsp3) is 0.286. The summed E-state index contributed by atoms with van der Waals surface area (Å²) < 4.78 is 40.8. The van der Waals surface area contributed by atoms with E-state index >= 15 is 0 Å². The van der Waals surface area contributed by atoms with Crippen molar-refractivity contribution in [2.45, 2.75) is 25.2 Å². The Morgan fingerprint density at radius 3 is 2.61 bits per heavy atom. The molecule has 1 aromatic carbocycles. The average molecular weight is 325 g/mol. The first-order valence-corrected chi connectivity index (χ1v) is 6.60. The highest BCUT2D eigenvalue weighted by molar-refractivity contribution is 5.49. The van der Waals surface area contributed by atoms with Gasteiger partial charge in [-0.3, -0.25) is 4.57 Å². The number of halogens is 3. The Kier molecular flexibility index (Phi) is 3.23. The Labute approximate surface area is 127 Å². The van der Waals surface area contributed by atoms with E-state index in [0.717, 1.165) is 16.7 Å². The topological polar surface area (TPSA) is 91.2 Å². The molecule has 2 N–H and O–H groups in total. The van der Waals surface area contributed by atoms with Gasteiger partial charge < -0.3 is 10.2 Å². The van der Waals surface area contributed by atoms with E-state index in [9.17, 15) is 28.2 Å². The smallest absolute Gasteiger partial charge is 0.417 e. The summed E-state index contributed by atoms with van der Waals surface area (Å²) in [7, 11) is 0. The maximum Gasteiger partial charge on any atom is 0.417 e. The molecule has 0 fully saturated rings. The third kappa shape index (κ3) is 2.19. The first-order chi connectivity index (χ1) is 10.8. The third-order valence-corrected chi connectivity index (χ3v) is 3.78. The number of nitriles is 1. The summed E-state index contributed by atoms with van der Waals surface area (Å²) in [5.74, 6) is -0.599. The second kappa shape index (κ2) is 4.89. The van der Waals surface area contributed by atoms with E-state index in [2.05, 4.69) is 0 Å². The molecule has 2 heterocycles. The fourth-order valence-corrected chi connectivity index (χ4v) is 2.72. The number of fused-ring (bicyclic) bond motifs is 1. The molecule has 1 aromatic heterocycles. The highest BCUT2D eigenvalue weighted by Crippen LogP contribution is 2.36. The molecule has 0 saturated carbocycles. The van der Waals surface area contributed by atoms with Gasteiger partial charge in [0.15, 0.2) is 0 Å². The van der Waals surface area contributed by atoms with Crippen molar-refractivity contribution in [2.75, 3.05) is 0 Å². The molecule has 0 aliphatic carbocycles. The van der Waals surface area contributed by atoms with Crippen LogP contribution in [-0.4, -0.2) is 19.3 Å². The number of benzene rings is 1. The normalized spacial score (nSPS) is 17.1. The van der Waals surface area contributed by atoms with Crippen molar-refractivity contribution in [3.05, 3.63) is 45.5 Å². The Balaban J connectivity index is 2.24. The molecule has 1 aliphatic heterocycles. The van der Waals surface area contributed by atoms with E-state index in [0.29, 0.717) is 10.6 Å². The molecule has 9 heteroatoms. The summed E-state index contributed by atoms with van der Waals surface area (Å²) in [5, 5.41) is 28.6. The van der Waals surface area contributed by atoms with E-state index in [1.807, 2.05) is 0 Å². The molecule has 23 heavy (non-hydrogen) atoms. The molecular formula is C14H10F3N3O3. The van der Waals surface area contributed by atoms with Crippen LogP contribution in [0.5, 0.6) is 5.88 Å². The van der Waals surface area contributed by atoms with Crippen molar-refractivity contribution in [3.63, 3.8) is 0 Å². The highest BCUT2D eigenvalue weighted by atomic mass is 19.4. The van der Waals surface area contributed by atoms with Gasteiger partial charge in [0.2, 0.25) is 5.88 Å². The largest absolute Gasteiger partial charge is 0.493 e. The van der Waals surface area contributed by atoms with Crippen molar-refractivity contribution in [1.82, 2.24) is 9.13 Å². The lowest BCUT2D eigenvalue weighted by Gasteiger charge is -2.12. The molecule has 0 radical (unpaired) electrons. The Bertz CT molecular complexity index is 890. The third-order valence-electron chi connectivity index (χ3n) is 3.78. The predicted octanol–water partition coefficient (Wildman–Crippen LogP) is 1.67. The molecule has 1 atom stereocenters. The maximum atomic E-state index is 13.0. The van der Waals surface area contributed by atoms with Crippen LogP contribution in [0.2, 0.25) is 0 Å². The number of nitrogens with zero attached hydrogens (tertiary/aromatic N) is 3. The average Bonchev–Trinajstić information content (AvgIpc) is 2.98. The van der Waals surface area contributed by atoms with Crippen molar-refractivity contribution >= 4 is 0 Å². The lowest BCUT2D eigenvalue weighted by molar-refractivity contribution is -0.137. The lowest BCUT2D eigenvalue weighted by Crippen LogP contribution is -2.22. The number of hydrogen-bond donors (Lipinski definition) is 2. The predicted molar refractivity (Wildman–Crippen MR) is 71.0 cm³/mol. The molecule has 0 bridgehead atoms. The number of hydrogen-bond acceptors (Lipinski definition) is 4. The second-order valence-corrected chi connectivity index (χ2v) is 5.12. The molecule has 6 nitrogen and oxygen atoms in total. The van der Waals surface area contributed by atoms with Crippen LogP contribution in [0.1, 0.15) is 29.3 Å². The van der Waals surface area contributed by atoms with Gasteiger partial charge in [-0.2, -0.15) is 18.4 Å². The minimum atomic E-state index is -4.78. The Morgan fingerprint density at radius 2 is 2.04 bits per heavy atom. The van der Waals surface area contributed by atoms with Crippen molar-refractivity contribution in [2.24, 2.45) is 0 Å². The Morgan fingerprint density at radius 1 is 1.35 bits per heavy atom. The lowest BCUT2D eigenvalue weighted by atomic mass is 10.1. The van der Waals surface area contributed by atoms with Crippen LogP contribution >= 0.6 is 0 Å². The molecule has 0 saturated heterocycles. The number of aromatic nitrogens is 2. The number of rotatable bonds is 1. The summed E-state index contributed by atoms with van der Waals surface area (Å²) in [6.45, 7) is 0.165. The van der Waals surface area contributed by atoms with Crippen LogP contribution in [0.4, 0.5) is 13.2 Å². The molecule has 2 aromatic rings. The van der Waals surface area contributed by atoms with E-state index in [1.165, 1.54) is 6.07 Å². The zero-order valence-electron chi connectivity index (χ0n) is 11.5. The van der Waals surface area contributed by atoms with Gasteiger partial charge in [0.05, 0.1) is 22.9 Å². The summed E-state index contributed by atoms with van der Waals surface area (Å²) in [6, 6.07) is 4.14. The first kappa shape index (κ1) is 15.2. The van der Waals surface area contributed by atoms with E-state index in [1.54, 1.807) is 0 Å². The summed E-state index contributed by atoms with van der Waals surface area (Å²) in [4.78, 5) is 12.3. The summed E-state index contributed by atoms with van der Waals surface area (Å²) in [6.07, 6.45) is -5.58. The van der Waals surface area contributed by atoms with Crippen LogP contribution < -0.4 is 5.69 Å².